The van der Waals surface area contributed by atoms with Crippen LogP contribution in [0.2, 0.25) is 0 Å². The molecule has 27 heavy (non-hydrogen) atoms. The first-order chi connectivity index (χ1) is 13.2. The maximum absolute atomic E-state index is 12.9. The second kappa shape index (κ2) is 7.71. The third kappa shape index (κ3) is 3.75. The van der Waals surface area contributed by atoms with Crippen LogP contribution in [0.4, 0.5) is 17.1 Å². The van der Waals surface area contributed by atoms with Crippen LogP contribution in [0.15, 0.2) is 42.2 Å². The molecule has 0 bridgehead atoms. The quantitative estimate of drug-likeness (QED) is 0.720. The first kappa shape index (κ1) is 17.4. The number of anilines is 3. The predicted octanol–water partition coefficient (Wildman–Crippen LogP) is 3.42. The number of hydrogen-bond acceptors (Lipinski definition) is 7. The number of nitrogens with one attached hydrogen (secondary N) is 1. The molecule has 3 N–H and O–H groups in total. The Hall–Kier alpha value is -3.00. The highest BCUT2D eigenvalue weighted by atomic mass is 32.1. The number of pyridine rings is 2. The largest absolute Gasteiger partial charge is 0.397 e. The van der Waals surface area contributed by atoms with Crippen LogP contribution in [-0.4, -0.2) is 33.9 Å². The van der Waals surface area contributed by atoms with E-state index in [2.05, 4.69) is 25.2 Å². The summed E-state index contributed by atoms with van der Waals surface area (Å²) < 4.78 is 0. The van der Waals surface area contributed by atoms with Crippen LogP contribution in [0.5, 0.6) is 0 Å². The number of nitrogens with zero attached hydrogens (tertiary/aromatic N) is 4. The van der Waals surface area contributed by atoms with Gasteiger partial charge in [-0.25, -0.2) is 9.97 Å². The van der Waals surface area contributed by atoms with Crippen LogP contribution in [0.3, 0.4) is 0 Å². The summed E-state index contributed by atoms with van der Waals surface area (Å²) in [5, 5.41) is 5.55. The maximum atomic E-state index is 12.9. The van der Waals surface area contributed by atoms with E-state index in [0.29, 0.717) is 17.1 Å². The van der Waals surface area contributed by atoms with Crippen LogP contribution < -0.4 is 16.0 Å². The third-order valence-electron chi connectivity index (χ3n) is 4.54. The van der Waals surface area contributed by atoms with Crippen molar-refractivity contribution >= 4 is 34.3 Å². The van der Waals surface area contributed by atoms with Gasteiger partial charge in [0.2, 0.25) is 0 Å². The molecule has 0 atom stereocenters. The molecule has 0 aliphatic carbocycles. The smallest absolute Gasteiger partial charge is 0.276 e. The van der Waals surface area contributed by atoms with Crippen molar-refractivity contribution in [1.82, 2.24) is 15.0 Å². The van der Waals surface area contributed by atoms with Crippen molar-refractivity contribution in [3.05, 3.63) is 47.9 Å². The molecular weight excluding hydrogens is 360 g/mol. The second-order valence-corrected chi connectivity index (χ2v) is 7.26. The zero-order chi connectivity index (χ0) is 18.6. The number of piperidine rings is 1. The van der Waals surface area contributed by atoms with Crippen molar-refractivity contribution in [2.75, 3.05) is 29.0 Å². The highest BCUT2D eigenvalue weighted by Crippen LogP contribution is 2.28. The maximum Gasteiger partial charge on any atom is 0.276 e. The monoisotopic (exact) mass is 380 g/mol. The molecule has 1 fully saturated rings. The Kier molecular flexibility index (Phi) is 4.97. The number of hydrogen-bond donors (Lipinski definition) is 2. The van der Waals surface area contributed by atoms with Crippen molar-refractivity contribution in [2.24, 2.45) is 0 Å². The number of thiazole rings is 1. The van der Waals surface area contributed by atoms with E-state index in [4.69, 9.17) is 5.73 Å². The van der Waals surface area contributed by atoms with Crippen molar-refractivity contribution < 1.29 is 4.79 Å². The van der Waals surface area contributed by atoms with Crippen LogP contribution in [0, 0.1) is 0 Å². The van der Waals surface area contributed by atoms with E-state index in [0.717, 1.165) is 36.6 Å². The molecule has 0 spiro atoms. The van der Waals surface area contributed by atoms with Crippen LogP contribution >= 0.6 is 11.3 Å². The summed E-state index contributed by atoms with van der Waals surface area (Å²) in [6, 6.07) is 5.39. The van der Waals surface area contributed by atoms with Gasteiger partial charge in [-0.15, -0.1) is 11.3 Å². The van der Waals surface area contributed by atoms with Gasteiger partial charge in [0.05, 0.1) is 29.0 Å². The third-order valence-corrected chi connectivity index (χ3v) is 5.33. The SMILES string of the molecule is Nc1ccc(-c2nccs2)nc1C(=O)Nc1cnccc1N1CCCCC1. The Labute approximate surface area is 161 Å². The number of carbonyl (C=O) groups excluding carboxylic acids is 1. The number of amides is 1. The van der Waals surface area contributed by atoms with Crippen molar-refractivity contribution in [2.45, 2.75) is 19.3 Å². The zero-order valence-corrected chi connectivity index (χ0v) is 15.6. The van der Waals surface area contributed by atoms with E-state index in [1.165, 1.54) is 17.8 Å². The van der Waals surface area contributed by atoms with Crippen LogP contribution in [0.25, 0.3) is 10.7 Å². The summed E-state index contributed by atoms with van der Waals surface area (Å²) in [4.78, 5) is 28.0. The highest BCUT2D eigenvalue weighted by molar-refractivity contribution is 7.13. The molecule has 0 saturated carbocycles. The molecule has 1 amide bonds. The first-order valence-electron chi connectivity index (χ1n) is 8.89. The Morgan fingerprint density at radius 1 is 1.15 bits per heavy atom. The van der Waals surface area contributed by atoms with Gasteiger partial charge in [0.1, 0.15) is 5.01 Å². The summed E-state index contributed by atoms with van der Waals surface area (Å²) >= 11 is 1.46. The number of rotatable bonds is 4. The average molecular weight is 380 g/mol. The zero-order valence-electron chi connectivity index (χ0n) is 14.8. The van der Waals surface area contributed by atoms with E-state index in [-0.39, 0.29) is 11.6 Å². The number of nitrogen functional groups attached to an aromatic ring is 1. The Morgan fingerprint density at radius 3 is 2.78 bits per heavy atom. The lowest BCUT2D eigenvalue weighted by Crippen LogP contribution is -2.30. The molecule has 4 rings (SSSR count). The average Bonchev–Trinajstić information content (AvgIpc) is 3.24. The normalized spacial score (nSPS) is 14.1. The molecule has 8 heteroatoms. The van der Waals surface area contributed by atoms with Crippen molar-refractivity contribution in [3.8, 4) is 10.7 Å². The molecule has 1 aliphatic heterocycles. The van der Waals surface area contributed by atoms with E-state index in [1.54, 1.807) is 30.7 Å². The standard InChI is InChI=1S/C19H20N6OS/c20-13-4-5-14(19-22-8-11-27-19)23-17(13)18(26)24-15-12-21-7-6-16(15)25-9-2-1-3-10-25/h4-8,11-12H,1-3,9-10,20H2,(H,24,26). The highest BCUT2D eigenvalue weighted by Gasteiger charge is 2.19. The summed E-state index contributed by atoms with van der Waals surface area (Å²) in [6.45, 7) is 1.96. The van der Waals surface area contributed by atoms with Gasteiger partial charge in [0.15, 0.2) is 5.69 Å². The summed E-state index contributed by atoms with van der Waals surface area (Å²) in [6.07, 6.45) is 8.67. The number of aromatic nitrogens is 3. The summed E-state index contributed by atoms with van der Waals surface area (Å²) in [5.74, 6) is -0.350. The lowest BCUT2D eigenvalue weighted by atomic mass is 10.1. The molecule has 3 aromatic heterocycles. The minimum absolute atomic E-state index is 0.191. The topological polar surface area (TPSA) is 97.0 Å². The Morgan fingerprint density at radius 2 is 2.00 bits per heavy atom. The predicted molar refractivity (Wildman–Crippen MR) is 108 cm³/mol. The molecule has 1 aliphatic rings. The van der Waals surface area contributed by atoms with E-state index in [9.17, 15) is 4.79 Å². The Bertz CT molecular complexity index is 937. The van der Waals surface area contributed by atoms with Gasteiger partial charge in [-0.2, -0.15) is 0 Å². The second-order valence-electron chi connectivity index (χ2n) is 6.37. The molecule has 7 nitrogen and oxygen atoms in total. The number of nitrogens with two attached hydrogens (primary N) is 1. The molecule has 138 valence electrons. The minimum Gasteiger partial charge on any atom is -0.397 e. The molecule has 0 aromatic carbocycles. The molecule has 0 radical (unpaired) electrons. The molecule has 0 unspecified atom stereocenters. The van der Waals surface area contributed by atoms with E-state index < -0.39 is 0 Å². The van der Waals surface area contributed by atoms with Gasteiger partial charge in [-0.3, -0.25) is 9.78 Å². The van der Waals surface area contributed by atoms with E-state index in [1.807, 2.05) is 11.4 Å². The summed E-state index contributed by atoms with van der Waals surface area (Å²) in [7, 11) is 0. The summed E-state index contributed by atoms with van der Waals surface area (Å²) in [5.41, 5.74) is 8.81. The van der Waals surface area contributed by atoms with Gasteiger partial charge < -0.3 is 16.0 Å². The fraction of sp³-hybridized carbons (Fsp3) is 0.263. The first-order valence-corrected chi connectivity index (χ1v) is 9.77. The van der Waals surface area contributed by atoms with Gasteiger partial charge in [-0.1, -0.05) is 0 Å². The van der Waals surface area contributed by atoms with Crippen LogP contribution in [0.1, 0.15) is 29.8 Å². The minimum atomic E-state index is -0.350. The fourth-order valence-corrected chi connectivity index (χ4v) is 3.80. The molecule has 3 aromatic rings. The van der Waals surface area contributed by atoms with Gasteiger partial charge in [0, 0.05) is 30.9 Å². The van der Waals surface area contributed by atoms with Gasteiger partial charge in [-0.05, 0) is 37.5 Å². The molecular formula is C19H20N6OS. The fourth-order valence-electron chi connectivity index (χ4n) is 3.20. The van der Waals surface area contributed by atoms with Crippen molar-refractivity contribution in [1.29, 1.82) is 0 Å². The Balaban J connectivity index is 1.61. The number of carbonyl (C=O) groups is 1. The molecule has 1 saturated heterocycles. The van der Waals surface area contributed by atoms with Crippen molar-refractivity contribution in [3.63, 3.8) is 0 Å². The van der Waals surface area contributed by atoms with Gasteiger partial charge >= 0.3 is 0 Å². The van der Waals surface area contributed by atoms with E-state index >= 15 is 0 Å². The lowest BCUT2D eigenvalue weighted by molar-refractivity contribution is 0.102. The lowest BCUT2D eigenvalue weighted by Gasteiger charge is -2.30. The van der Waals surface area contributed by atoms with Crippen LogP contribution in [-0.2, 0) is 0 Å². The molecule has 4 heterocycles. The van der Waals surface area contributed by atoms with Gasteiger partial charge in [0.25, 0.3) is 5.91 Å².